The molecule has 4 heteroatoms. The third-order valence-electron chi connectivity index (χ3n) is 3.07. The molecular formula is C9H20O4. The van der Waals surface area contributed by atoms with E-state index >= 15 is 0 Å². The van der Waals surface area contributed by atoms with Crippen molar-refractivity contribution >= 4 is 0 Å². The van der Waals surface area contributed by atoms with Crippen LogP contribution in [0.1, 0.15) is 20.8 Å². The largest absolute Gasteiger partial charge is 0.395 e. The van der Waals surface area contributed by atoms with Gasteiger partial charge in [-0.15, -0.1) is 0 Å². The molecule has 1 unspecified atom stereocenters. The van der Waals surface area contributed by atoms with Crippen molar-refractivity contribution in [2.75, 3.05) is 20.3 Å². The fraction of sp³-hybridized carbons (Fsp3) is 1.00. The molecule has 0 saturated heterocycles. The van der Waals surface area contributed by atoms with Gasteiger partial charge in [0.2, 0.25) is 0 Å². The van der Waals surface area contributed by atoms with Crippen LogP contribution in [-0.4, -0.2) is 47.3 Å². The molecule has 0 aliphatic rings. The molecule has 13 heavy (non-hydrogen) atoms. The smallest absolute Gasteiger partial charge is 0.0747 e. The van der Waals surface area contributed by atoms with Crippen molar-refractivity contribution in [3.63, 3.8) is 0 Å². The van der Waals surface area contributed by atoms with Crippen LogP contribution in [0.15, 0.2) is 0 Å². The maximum atomic E-state index is 9.53. The maximum absolute atomic E-state index is 9.53. The van der Waals surface area contributed by atoms with Gasteiger partial charge in [-0.2, -0.15) is 0 Å². The highest BCUT2D eigenvalue weighted by atomic mass is 16.5. The Kier molecular flexibility index (Phi) is 4.32. The Hall–Kier alpha value is -0.160. The quantitative estimate of drug-likeness (QED) is 0.562. The zero-order valence-electron chi connectivity index (χ0n) is 8.74. The van der Waals surface area contributed by atoms with Crippen LogP contribution in [0, 0.1) is 5.41 Å². The fourth-order valence-electron chi connectivity index (χ4n) is 1.40. The standard InChI is InChI=1S/C9H20O4/c1-7(12)9(5-10,6-11)8(2,3)13-4/h7,10-12H,5-6H2,1-4H3. The van der Waals surface area contributed by atoms with Crippen LogP contribution >= 0.6 is 0 Å². The van der Waals surface area contributed by atoms with Crippen LogP contribution in [-0.2, 0) is 4.74 Å². The van der Waals surface area contributed by atoms with Gasteiger partial charge >= 0.3 is 0 Å². The average Bonchev–Trinajstić information content (AvgIpc) is 2.06. The van der Waals surface area contributed by atoms with Crippen molar-refractivity contribution in [2.45, 2.75) is 32.5 Å². The van der Waals surface area contributed by atoms with Crippen molar-refractivity contribution < 1.29 is 20.1 Å². The molecule has 0 heterocycles. The first kappa shape index (κ1) is 12.8. The van der Waals surface area contributed by atoms with Crippen LogP contribution < -0.4 is 0 Å². The number of hydrogen-bond acceptors (Lipinski definition) is 4. The lowest BCUT2D eigenvalue weighted by molar-refractivity contribution is -0.177. The second-order valence-corrected chi connectivity index (χ2v) is 3.86. The SMILES string of the molecule is COC(C)(C)C(CO)(CO)C(C)O. The Bertz CT molecular complexity index is 150. The minimum absolute atomic E-state index is 0.317. The summed E-state index contributed by atoms with van der Waals surface area (Å²) in [6.45, 7) is 4.36. The van der Waals surface area contributed by atoms with Gasteiger partial charge in [-0.25, -0.2) is 0 Å². The fourth-order valence-corrected chi connectivity index (χ4v) is 1.40. The maximum Gasteiger partial charge on any atom is 0.0747 e. The van der Waals surface area contributed by atoms with Gasteiger partial charge in [0.25, 0.3) is 0 Å². The molecule has 0 saturated carbocycles. The first-order valence-corrected chi connectivity index (χ1v) is 4.33. The van der Waals surface area contributed by atoms with Gasteiger partial charge in [-0.1, -0.05) is 0 Å². The lowest BCUT2D eigenvalue weighted by atomic mass is 9.71. The summed E-state index contributed by atoms with van der Waals surface area (Å²) < 4.78 is 5.17. The molecule has 0 rings (SSSR count). The van der Waals surface area contributed by atoms with Crippen molar-refractivity contribution in [3.8, 4) is 0 Å². The molecule has 0 aromatic heterocycles. The van der Waals surface area contributed by atoms with Gasteiger partial charge in [0, 0.05) is 7.11 Å². The van der Waals surface area contributed by atoms with Crippen LogP contribution in [0.5, 0.6) is 0 Å². The van der Waals surface area contributed by atoms with E-state index in [2.05, 4.69) is 0 Å². The molecule has 1 atom stereocenters. The van der Waals surface area contributed by atoms with Gasteiger partial charge in [-0.3, -0.25) is 0 Å². The average molecular weight is 192 g/mol. The first-order chi connectivity index (χ1) is 5.88. The van der Waals surface area contributed by atoms with Crippen LogP contribution in [0.3, 0.4) is 0 Å². The minimum Gasteiger partial charge on any atom is -0.395 e. The van der Waals surface area contributed by atoms with Crippen LogP contribution in [0.2, 0.25) is 0 Å². The van der Waals surface area contributed by atoms with E-state index in [0.29, 0.717) is 0 Å². The number of methoxy groups -OCH3 is 1. The summed E-state index contributed by atoms with van der Waals surface area (Å²) in [5.74, 6) is 0. The van der Waals surface area contributed by atoms with Crippen molar-refractivity contribution in [1.29, 1.82) is 0 Å². The molecule has 0 aromatic carbocycles. The monoisotopic (exact) mass is 192 g/mol. The Balaban J connectivity index is 4.97. The molecule has 0 fully saturated rings. The zero-order valence-corrected chi connectivity index (χ0v) is 8.74. The van der Waals surface area contributed by atoms with Gasteiger partial charge in [-0.05, 0) is 20.8 Å². The highest BCUT2D eigenvalue weighted by Crippen LogP contribution is 2.36. The summed E-state index contributed by atoms with van der Waals surface area (Å²) in [4.78, 5) is 0. The van der Waals surface area contributed by atoms with E-state index in [1.165, 1.54) is 14.0 Å². The first-order valence-electron chi connectivity index (χ1n) is 4.33. The topological polar surface area (TPSA) is 69.9 Å². The van der Waals surface area contributed by atoms with E-state index in [-0.39, 0.29) is 13.2 Å². The van der Waals surface area contributed by atoms with E-state index in [1.807, 2.05) is 0 Å². The lowest BCUT2D eigenvalue weighted by Crippen LogP contribution is -2.56. The number of rotatable bonds is 5. The second-order valence-electron chi connectivity index (χ2n) is 3.86. The molecule has 0 spiro atoms. The normalized spacial score (nSPS) is 15.9. The van der Waals surface area contributed by atoms with Crippen LogP contribution in [0.25, 0.3) is 0 Å². The van der Waals surface area contributed by atoms with Gasteiger partial charge < -0.3 is 20.1 Å². The van der Waals surface area contributed by atoms with Crippen molar-refractivity contribution in [1.82, 2.24) is 0 Å². The third-order valence-corrected chi connectivity index (χ3v) is 3.07. The highest BCUT2D eigenvalue weighted by Gasteiger charge is 2.48. The molecule has 0 radical (unpaired) electrons. The predicted molar refractivity (Wildman–Crippen MR) is 49.4 cm³/mol. The van der Waals surface area contributed by atoms with Gasteiger partial charge in [0.05, 0.1) is 30.3 Å². The summed E-state index contributed by atoms with van der Waals surface area (Å²) >= 11 is 0. The predicted octanol–water partition coefficient (Wildman–Crippen LogP) is -0.237. The number of aliphatic hydroxyl groups is 3. The van der Waals surface area contributed by atoms with E-state index < -0.39 is 17.1 Å². The molecule has 4 nitrogen and oxygen atoms in total. The van der Waals surface area contributed by atoms with E-state index in [1.54, 1.807) is 13.8 Å². The van der Waals surface area contributed by atoms with Gasteiger partial charge in [0.15, 0.2) is 0 Å². The van der Waals surface area contributed by atoms with Crippen molar-refractivity contribution in [2.24, 2.45) is 5.41 Å². The Labute approximate surface area is 79.2 Å². The zero-order chi connectivity index (χ0) is 10.7. The summed E-state index contributed by atoms with van der Waals surface area (Å²) in [7, 11) is 1.49. The molecule has 0 aromatic rings. The third kappa shape index (κ3) is 2.02. The number of hydrogen-bond donors (Lipinski definition) is 3. The Morgan fingerprint density at radius 3 is 1.69 bits per heavy atom. The molecule has 80 valence electrons. The molecule has 0 aliphatic carbocycles. The van der Waals surface area contributed by atoms with Crippen LogP contribution in [0.4, 0.5) is 0 Å². The summed E-state index contributed by atoms with van der Waals surface area (Å²) in [6.07, 6.45) is -0.836. The molecular weight excluding hydrogens is 172 g/mol. The second kappa shape index (κ2) is 4.37. The number of ether oxygens (including phenoxy) is 1. The van der Waals surface area contributed by atoms with Gasteiger partial charge in [0.1, 0.15) is 0 Å². The summed E-state index contributed by atoms with van der Waals surface area (Å²) in [5, 5.41) is 28.0. The molecule has 0 aliphatic heterocycles. The summed E-state index contributed by atoms with van der Waals surface area (Å²) in [6, 6.07) is 0. The Morgan fingerprint density at radius 1 is 1.23 bits per heavy atom. The van der Waals surface area contributed by atoms with E-state index in [0.717, 1.165) is 0 Å². The molecule has 0 amide bonds. The highest BCUT2D eigenvalue weighted by molar-refractivity contribution is 4.97. The minimum atomic E-state index is -1.03. The molecule has 3 N–H and O–H groups in total. The number of aliphatic hydroxyl groups excluding tert-OH is 3. The lowest BCUT2D eigenvalue weighted by Gasteiger charge is -2.45. The van der Waals surface area contributed by atoms with E-state index in [9.17, 15) is 15.3 Å². The Morgan fingerprint density at radius 2 is 1.62 bits per heavy atom. The van der Waals surface area contributed by atoms with Crippen molar-refractivity contribution in [3.05, 3.63) is 0 Å². The molecule has 0 bridgehead atoms. The summed E-state index contributed by atoms with van der Waals surface area (Å²) in [5.41, 5.74) is -1.80. The van der Waals surface area contributed by atoms with E-state index in [4.69, 9.17) is 4.74 Å².